The summed E-state index contributed by atoms with van der Waals surface area (Å²) in [5.74, 6) is 1.23. The van der Waals surface area contributed by atoms with E-state index in [1.54, 1.807) is 6.92 Å². The molecule has 4 rings (SSSR count). The van der Waals surface area contributed by atoms with Gasteiger partial charge in [-0.1, -0.05) is 0 Å². The van der Waals surface area contributed by atoms with Crippen molar-refractivity contribution in [2.45, 2.75) is 102 Å². The van der Waals surface area contributed by atoms with Crippen molar-refractivity contribution in [1.82, 2.24) is 9.80 Å². The Bertz CT molecular complexity index is 868. The fourth-order valence-corrected chi connectivity index (χ4v) is 7.33. The van der Waals surface area contributed by atoms with Crippen LogP contribution < -0.4 is 0 Å². The molecule has 2 saturated heterocycles. The molecule has 206 valence electrons. The molecule has 0 N–H and O–H groups in total. The Labute approximate surface area is 216 Å². The monoisotopic (exact) mass is 528 g/mol. The molecule has 4 atom stereocenters. The van der Waals surface area contributed by atoms with Crippen LogP contribution in [0.25, 0.3) is 0 Å². The maximum absolute atomic E-state index is 13.3. The lowest BCUT2D eigenvalue weighted by atomic mass is 9.69. The average molecular weight is 529 g/mol. The molecule has 10 heteroatoms. The van der Waals surface area contributed by atoms with Crippen LogP contribution in [0.15, 0.2) is 0 Å². The predicted octanol–water partition coefficient (Wildman–Crippen LogP) is 3.01. The Balaban J connectivity index is 1.37. The summed E-state index contributed by atoms with van der Waals surface area (Å²) < 4.78 is 39.9. The lowest BCUT2D eigenvalue weighted by molar-refractivity contribution is -0.143. The minimum absolute atomic E-state index is 0.0140. The number of sulfone groups is 1. The maximum Gasteiger partial charge on any atom is 0.410 e. The number of rotatable bonds is 6. The molecule has 4 fully saturated rings. The minimum Gasteiger partial charge on any atom is -0.446 e. The van der Waals surface area contributed by atoms with Gasteiger partial charge >= 0.3 is 6.09 Å². The normalized spacial score (nSPS) is 34.2. The van der Waals surface area contributed by atoms with E-state index in [1.165, 1.54) is 6.26 Å². The fraction of sp³-hybridized carbons (Fsp3) is 0.923. The van der Waals surface area contributed by atoms with Gasteiger partial charge in [-0.2, -0.15) is 0 Å². The van der Waals surface area contributed by atoms with Gasteiger partial charge in [-0.25, -0.2) is 13.2 Å². The Morgan fingerprint density at radius 2 is 1.58 bits per heavy atom. The van der Waals surface area contributed by atoms with Gasteiger partial charge in [0.05, 0.1) is 43.8 Å². The summed E-state index contributed by atoms with van der Waals surface area (Å²) in [5.41, 5.74) is 0. The Morgan fingerprint density at radius 3 is 2.22 bits per heavy atom. The predicted molar refractivity (Wildman–Crippen MR) is 135 cm³/mol. The highest BCUT2D eigenvalue weighted by atomic mass is 32.2. The van der Waals surface area contributed by atoms with Crippen molar-refractivity contribution in [3.8, 4) is 0 Å². The molecular formula is C26H44N2O7S. The van der Waals surface area contributed by atoms with Gasteiger partial charge in [-0.15, -0.1) is 0 Å². The number of nitrogens with zero attached hydrogens (tertiary/aromatic N) is 2. The molecule has 0 radical (unpaired) electrons. The van der Waals surface area contributed by atoms with E-state index >= 15 is 0 Å². The summed E-state index contributed by atoms with van der Waals surface area (Å²) >= 11 is 0. The highest BCUT2D eigenvalue weighted by Crippen LogP contribution is 2.43. The Hall–Kier alpha value is -1.39. The summed E-state index contributed by atoms with van der Waals surface area (Å²) in [7, 11) is -3.00. The number of carbonyl (C=O) groups excluding carboxylic acids is 2. The smallest absolute Gasteiger partial charge is 0.410 e. The molecule has 4 aliphatic rings. The van der Waals surface area contributed by atoms with E-state index in [-0.39, 0.29) is 54.7 Å². The van der Waals surface area contributed by atoms with Crippen molar-refractivity contribution in [3.05, 3.63) is 0 Å². The highest BCUT2D eigenvalue weighted by molar-refractivity contribution is 7.90. The average Bonchev–Trinajstić information content (AvgIpc) is 2.83. The van der Waals surface area contributed by atoms with E-state index < -0.39 is 9.84 Å². The van der Waals surface area contributed by atoms with Crippen LogP contribution in [0.4, 0.5) is 4.79 Å². The number of fused-ring (bicyclic) bond motifs is 1. The Kier molecular flexibility index (Phi) is 9.20. The first-order valence-electron chi connectivity index (χ1n) is 13.8. The SMILES string of the molecule is CC(=O)N1C2CCC(C3CCC(OCCS(C)(=O)=O)CC3)CC2N(C(=O)OC2CCOCC2)C[C@@H]1C. The third kappa shape index (κ3) is 6.92. The van der Waals surface area contributed by atoms with Crippen LogP contribution in [-0.2, 0) is 28.8 Å². The van der Waals surface area contributed by atoms with E-state index in [9.17, 15) is 18.0 Å². The van der Waals surface area contributed by atoms with Crippen LogP contribution in [0, 0.1) is 11.8 Å². The van der Waals surface area contributed by atoms with Crippen molar-refractivity contribution < 1.29 is 32.2 Å². The summed E-state index contributed by atoms with van der Waals surface area (Å²) in [6, 6.07) is 0.00221. The fourth-order valence-electron chi connectivity index (χ4n) is 6.94. The topological polar surface area (TPSA) is 102 Å². The zero-order chi connectivity index (χ0) is 25.9. The van der Waals surface area contributed by atoms with E-state index in [0.717, 1.165) is 57.8 Å². The zero-order valence-electron chi connectivity index (χ0n) is 22.1. The van der Waals surface area contributed by atoms with Gasteiger partial charge in [0.15, 0.2) is 0 Å². The van der Waals surface area contributed by atoms with Crippen molar-refractivity contribution >= 4 is 21.8 Å². The molecule has 36 heavy (non-hydrogen) atoms. The molecule has 0 aromatic heterocycles. The molecule has 0 bridgehead atoms. The molecule has 9 nitrogen and oxygen atoms in total. The van der Waals surface area contributed by atoms with Gasteiger partial charge in [0, 0.05) is 38.6 Å². The summed E-state index contributed by atoms with van der Waals surface area (Å²) in [6.45, 7) is 5.70. The second-order valence-electron chi connectivity index (χ2n) is 11.4. The van der Waals surface area contributed by atoms with Gasteiger partial charge < -0.3 is 24.0 Å². The first-order chi connectivity index (χ1) is 17.1. The van der Waals surface area contributed by atoms with Gasteiger partial charge in [0.2, 0.25) is 5.91 Å². The summed E-state index contributed by atoms with van der Waals surface area (Å²) in [5, 5.41) is 0. The quantitative estimate of drug-likeness (QED) is 0.522. The van der Waals surface area contributed by atoms with Crippen molar-refractivity contribution in [1.29, 1.82) is 0 Å². The molecule has 0 aromatic carbocycles. The van der Waals surface area contributed by atoms with Crippen LogP contribution in [-0.4, -0.2) is 98.9 Å². The standard InChI is InChI=1S/C26H44N2O7S/c1-18-17-27(26(30)35-23-10-12-33-13-11-23)25-16-21(6-9-24(25)28(18)19(2)29)20-4-7-22(8-5-20)34-14-15-36(3,31)32/h18,20-25H,4-17H2,1-3H3/t18-,20?,21?,22?,24?,25?/m0/s1. The van der Waals surface area contributed by atoms with Crippen molar-refractivity contribution in [2.75, 3.05) is 38.4 Å². The third-order valence-corrected chi connectivity index (χ3v) is 9.65. The van der Waals surface area contributed by atoms with E-state index in [1.807, 2.05) is 16.7 Å². The van der Waals surface area contributed by atoms with Gasteiger partial charge in [0.1, 0.15) is 15.9 Å². The Morgan fingerprint density at radius 1 is 0.917 bits per heavy atom. The number of hydrogen-bond acceptors (Lipinski definition) is 7. The van der Waals surface area contributed by atoms with E-state index in [4.69, 9.17) is 14.2 Å². The second kappa shape index (κ2) is 12.0. The number of amides is 2. The first-order valence-corrected chi connectivity index (χ1v) is 15.8. The first kappa shape index (κ1) is 27.6. The van der Waals surface area contributed by atoms with Crippen LogP contribution in [0.3, 0.4) is 0 Å². The van der Waals surface area contributed by atoms with E-state index in [0.29, 0.717) is 31.6 Å². The molecule has 2 aliphatic heterocycles. The van der Waals surface area contributed by atoms with Crippen LogP contribution in [0.2, 0.25) is 0 Å². The van der Waals surface area contributed by atoms with Crippen LogP contribution in [0.5, 0.6) is 0 Å². The molecule has 3 unspecified atom stereocenters. The molecule has 2 saturated carbocycles. The largest absolute Gasteiger partial charge is 0.446 e. The van der Waals surface area contributed by atoms with Crippen molar-refractivity contribution in [3.63, 3.8) is 0 Å². The maximum atomic E-state index is 13.3. The second-order valence-corrected chi connectivity index (χ2v) is 13.6. The molecule has 0 aromatic rings. The summed E-state index contributed by atoms with van der Waals surface area (Å²) in [6.07, 6.45) is 9.40. The van der Waals surface area contributed by atoms with Crippen LogP contribution >= 0.6 is 0 Å². The molecular weight excluding hydrogens is 484 g/mol. The highest BCUT2D eigenvalue weighted by Gasteiger charge is 2.48. The summed E-state index contributed by atoms with van der Waals surface area (Å²) in [4.78, 5) is 29.8. The van der Waals surface area contributed by atoms with Gasteiger partial charge in [-0.3, -0.25) is 4.79 Å². The van der Waals surface area contributed by atoms with Gasteiger partial charge in [0.25, 0.3) is 0 Å². The lowest BCUT2D eigenvalue weighted by Gasteiger charge is -2.54. The lowest BCUT2D eigenvalue weighted by Crippen LogP contribution is -2.67. The number of hydrogen-bond donors (Lipinski definition) is 0. The zero-order valence-corrected chi connectivity index (χ0v) is 22.9. The minimum atomic E-state index is -3.00. The number of carbonyl (C=O) groups is 2. The third-order valence-electron chi connectivity index (χ3n) is 8.74. The molecule has 2 aliphatic carbocycles. The molecule has 2 amide bonds. The van der Waals surface area contributed by atoms with Gasteiger partial charge in [-0.05, 0) is 63.7 Å². The molecule has 0 spiro atoms. The number of ether oxygens (including phenoxy) is 3. The molecule has 2 heterocycles. The van der Waals surface area contributed by atoms with Crippen LogP contribution in [0.1, 0.15) is 71.6 Å². The number of piperazine rings is 1. The van der Waals surface area contributed by atoms with Crippen molar-refractivity contribution in [2.24, 2.45) is 11.8 Å². The van der Waals surface area contributed by atoms with E-state index in [2.05, 4.69) is 0 Å².